The second-order valence-electron chi connectivity index (χ2n) is 3.35. The Bertz CT molecular complexity index is 218. The van der Waals surface area contributed by atoms with Gasteiger partial charge in [-0.25, -0.2) is 0 Å². The quantitative estimate of drug-likeness (QED) is 0.729. The van der Waals surface area contributed by atoms with E-state index in [-0.39, 0.29) is 0 Å². The molecule has 0 amide bonds. The molecule has 0 aliphatic carbocycles. The standard InChI is InChI=1S/C12H19N/c1-3-12(13-4-2)10-11-8-6-5-7-9-11/h5-9,12-13H,3-4,10H2,1-2H3. The molecule has 0 spiro atoms. The van der Waals surface area contributed by atoms with E-state index in [9.17, 15) is 0 Å². The van der Waals surface area contributed by atoms with Gasteiger partial charge in [-0.05, 0) is 24.9 Å². The number of rotatable bonds is 5. The normalized spacial score (nSPS) is 12.8. The van der Waals surface area contributed by atoms with Crippen LogP contribution in [-0.2, 0) is 6.42 Å². The van der Waals surface area contributed by atoms with Crippen LogP contribution in [0.3, 0.4) is 0 Å². The van der Waals surface area contributed by atoms with Gasteiger partial charge < -0.3 is 5.32 Å². The molecule has 0 aliphatic rings. The molecule has 0 aromatic heterocycles. The van der Waals surface area contributed by atoms with Gasteiger partial charge in [0.25, 0.3) is 0 Å². The molecule has 0 radical (unpaired) electrons. The minimum absolute atomic E-state index is 0.632. The van der Waals surface area contributed by atoms with Gasteiger partial charge in [-0.2, -0.15) is 0 Å². The van der Waals surface area contributed by atoms with Gasteiger partial charge in [-0.3, -0.25) is 0 Å². The van der Waals surface area contributed by atoms with E-state index in [0.717, 1.165) is 13.0 Å². The van der Waals surface area contributed by atoms with Crippen molar-refractivity contribution in [1.82, 2.24) is 5.32 Å². The smallest absolute Gasteiger partial charge is 0.0105 e. The summed E-state index contributed by atoms with van der Waals surface area (Å²) in [5.41, 5.74) is 1.43. The van der Waals surface area contributed by atoms with Crippen molar-refractivity contribution in [1.29, 1.82) is 0 Å². The highest BCUT2D eigenvalue weighted by Gasteiger charge is 2.04. The molecule has 1 aromatic rings. The first kappa shape index (κ1) is 10.3. The Kier molecular flexibility index (Phi) is 4.55. The van der Waals surface area contributed by atoms with Gasteiger partial charge in [0.1, 0.15) is 0 Å². The zero-order valence-corrected chi connectivity index (χ0v) is 8.59. The first-order valence-electron chi connectivity index (χ1n) is 5.14. The summed E-state index contributed by atoms with van der Waals surface area (Å²) >= 11 is 0. The topological polar surface area (TPSA) is 12.0 Å². The third-order valence-electron chi connectivity index (χ3n) is 2.31. The molecule has 1 aromatic carbocycles. The van der Waals surface area contributed by atoms with Crippen LogP contribution in [0.25, 0.3) is 0 Å². The van der Waals surface area contributed by atoms with Crippen LogP contribution < -0.4 is 5.32 Å². The van der Waals surface area contributed by atoms with E-state index in [0.29, 0.717) is 6.04 Å². The van der Waals surface area contributed by atoms with Crippen molar-refractivity contribution >= 4 is 0 Å². The average molecular weight is 177 g/mol. The summed E-state index contributed by atoms with van der Waals surface area (Å²) < 4.78 is 0. The van der Waals surface area contributed by atoms with Crippen LogP contribution in [0.1, 0.15) is 25.8 Å². The summed E-state index contributed by atoms with van der Waals surface area (Å²) in [7, 11) is 0. The Hall–Kier alpha value is -0.820. The lowest BCUT2D eigenvalue weighted by molar-refractivity contribution is 0.510. The number of benzene rings is 1. The molecule has 1 rings (SSSR count). The molecule has 0 fully saturated rings. The molecular formula is C12H19N. The summed E-state index contributed by atoms with van der Waals surface area (Å²) in [4.78, 5) is 0. The summed E-state index contributed by atoms with van der Waals surface area (Å²) in [5, 5.41) is 3.48. The van der Waals surface area contributed by atoms with Crippen LogP contribution in [0.5, 0.6) is 0 Å². The molecule has 1 nitrogen and oxygen atoms in total. The highest BCUT2D eigenvalue weighted by molar-refractivity contribution is 5.15. The van der Waals surface area contributed by atoms with Gasteiger partial charge in [0, 0.05) is 6.04 Å². The first-order valence-corrected chi connectivity index (χ1v) is 5.14. The van der Waals surface area contributed by atoms with Crippen molar-refractivity contribution in [3.8, 4) is 0 Å². The zero-order valence-electron chi connectivity index (χ0n) is 8.59. The second kappa shape index (κ2) is 5.76. The predicted molar refractivity (Wildman–Crippen MR) is 57.9 cm³/mol. The van der Waals surface area contributed by atoms with Crippen LogP contribution in [-0.4, -0.2) is 12.6 Å². The number of hydrogen-bond donors (Lipinski definition) is 1. The second-order valence-corrected chi connectivity index (χ2v) is 3.35. The van der Waals surface area contributed by atoms with Crippen molar-refractivity contribution in [2.75, 3.05) is 6.54 Å². The lowest BCUT2D eigenvalue weighted by Crippen LogP contribution is -2.30. The summed E-state index contributed by atoms with van der Waals surface area (Å²) in [5.74, 6) is 0. The van der Waals surface area contributed by atoms with Crippen LogP contribution in [0, 0.1) is 0 Å². The van der Waals surface area contributed by atoms with E-state index < -0.39 is 0 Å². The summed E-state index contributed by atoms with van der Waals surface area (Å²) in [6, 6.07) is 11.3. The van der Waals surface area contributed by atoms with Crippen LogP contribution in [0.15, 0.2) is 30.3 Å². The molecule has 13 heavy (non-hydrogen) atoms. The van der Waals surface area contributed by atoms with Crippen molar-refractivity contribution in [3.05, 3.63) is 35.9 Å². The Morgan fingerprint density at radius 3 is 2.38 bits per heavy atom. The fourth-order valence-electron chi connectivity index (χ4n) is 1.55. The molecule has 1 heteroatoms. The van der Waals surface area contributed by atoms with Gasteiger partial charge in [0.2, 0.25) is 0 Å². The molecule has 1 atom stereocenters. The van der Waals surface area contributed by atoms with E-state index in [1.54, 1.807) is 0 Å². The van der Waals surface area contributed by atoms with Crippen molar-refractivity contribution < 1.29 is 0 Å². The number of likely N-dealkylation sites (N-methyl/N-ethyl adjacent to an activating group) is 1. The molecule has 1 N–H and O–H groups in total. The molecule has 0 saturated carbocycles. The van der Waals surface area contributed by atoms with E-state index >= 15 is 0 Å². The molecule has 0 bridgehead atoms. The fourth-order valence-corrected chi connectivity index (χ4v) is 1.55. The fraction of sp³-hybridized carbons (Fsp3) is 0.500. The summed E-state index contributed by atoms with van der Waals surface area (Å²) in [6.45, 7) is 5.45. The zero-order chi connectivity index (χ0) is 9.52. The largest absolute Gasteiger partial charge is 0.314 e. The molecule has 72 valence electrons. The Labute approximate surface area is 81.2 Å². The van der Waals surface area contributed by atoms with Gasteiger partial charge in [-0.1, -0.05) is 44.2 Å². The van der Waals surface area contributed by atoms with Crippen molar-refractivity contribution in [3.63, 3.8) is 0 Å². The third kappa shape index (κ3) is 3.60. The maximum absolute atomic E-state index is 3.48. The van der Waals surface area contributed by atoms with Crippen LogP contribution >= 0.6 is 0 Å². The van der Waals surface area contributed by atoms with Crippen LogP contribution in [0.4, 0.5) is 0 Å². The van der Waals surface area contributed by atoms with E-state index in [1.807, 2.05) is 0 Å². The van der Waals surface area contributed by atoms with Crippen molar-refractivity contribution in [2.24, 2.45) is 0 Å². The average Bonchev–Trinajstić information content (AvgIpc) is 2.19. The van der Waals surface area contributed by atoms with Crippen LogP contribution in [0.2, 0.25) is 0 Å². The molecule has 0 heterocycles. The lowest BCUT2D eigenvalue weighted by Gasteiger charge is -2.15. The maximum atomic E-state index is 3.48. The SMILES string of the molecule is CCNC(CC)Cc1ccccc1. The minimum atomic E-state index is 0.632. The van der Waals surface area contributed by atoms with E-state index in [2.05, 4.69) is 49.5 Å². The van der Waals surface area contributed by atoms with E-state index in [1.165, 1.54) is 12.0 Å². The Morgan fingerprint density at radius 2 is 1.85 bits per heavy atom. The number of hydrogen-bond acceptors (Lipinski definition) is 1. The van der Waals surface area contributed by atoms with Gasteiger partial charge in [0.05, 0.1) is 0 Å². The maximum Gasteiger partial charge on any atom is 0.0105 e. The molecule has 0 aliphatic heterocycles. The summed E-state index contributed by atoms with van der Waals surface area (Å²) in [6.07, 6.45) is 2.34. The molecule has 1 unspecified atom stereocenters. The minimum Gasteiger partial charge on any atom is -0.314 e. The molecular weight excluding hydrogens is 158 g/mol. The van der Waals surface area contributed by atoms with E-state index in [4.69, 9.17) is 0 Å². The Morgan fingerprint density at radius 1 is 1.15 bits per heavy atom. The van der Waals surface area contributed by atoms with Gasteiger partial charge in [0.15, 0.2) is 0 Å². The highest BCUT2D eigenvalue weighted by atomic mass is 14.9. The van der Waals surface area contributed by atoms with Gasteiger partial charge >= 0.3 is 0 Å². The third-order valence-corrected chi connectivity index (χ3v) is 2.31. The predicted octanol–water partition coefficient (Wildman–Crippen LogP) is 2.62. The Balaban J connectivity index is 2.46. The highest BCUT2D eigenvalue weighted by Crippen LogP contribution is 2.04. The first-order chi connectivity index (χ1) is 6.36. The van der Waals surface area contributed by atoms with Gasteiger partial charge in [-0.15, -0.1) is 0 Å². The van der Waals surface area contributed by atoms with Crippen molar-refractivity contribution in [2.45, 2.75) is 32.7 Å². The number of nitrogens with one attached hydrogen (secondary N) is 1. The lowest BCUT2D eigenvalue weighted by atomic mass is 10.0. The monoisotopic (exact) mass is 177 g/mol. The molecule has 0 saturated heterocycles.